The molecule has 0 fully saturated rings. The summed E-state index contributed by atoms with van der Waals surface area (Å²) in [4.78, 5) is 0. The number of anilines is 1. The van der Waals surface area contributed by atoms with Crippen molar-refractivity contribution in [1.82, 2.24) is 5.16 Å². The second-order valence-corrected chi connectivity index (χ2v) is 3.72. The number of nitrogens with zero attached hydrogens (tertiary/aromatic N) is 1. The minimum Gasteiger partial charge on any atom is -0.463 e. The van der Waals surface area contributed by atoms with E-state index in [1.54, 1.807) is 12.3 Å². The van der Waals surface area contributed by atoms with Crippen LogP contribution >= 0.6 is 0 Å². The van der Waals surface area contributed by atoms with Crippen LogP contribution in [-0.2, 0) is 0 Å². The van der Waals surface area contributed by atoms with Gasteiger partial charge in [-0.25, -0.2) is 0 Å². The largest absolute Gasteiger partial charge is 0.463 e. The molecule has 0 aliphatic heterocycles. The van der Waals surface area contributed by atoms with E-state index >= 15 is 0 Å². The molecule has 0 saturated carbocycles. The average molecular weight is 214 g/mol. The molecule has 0 aliphatic rings. The molecule has 2 heterocycles. The predicted molar refractivity (Wildman–Crippen MR) is 60.9 cm³/mol. The monoisotopic (exact) mass is 214 g/mol. The van der Waals surface area contributed by atoms with Crippen molar-refractivity contribution in [3.8, 4) is 11.3 Å². The van der Waals surface area contributed by atoms with Crippen LogP contribution in [0.4, 0.5) is 5.82 Å². The molecule has 0 aliphatic carbocycles. The van der Waals surface area contributed by atoms with Gasteiger partial charge in [0, 0.05) is 11.5 Å². The van der Waals surface area contributed by atoms with E-state index in [-0.39, 0.29) is 0 Å². The Bertz CT molecular complexity index is 652. The van der Waals surface area contributed by atoms with Gasteiger partial charge in [-0.05, 0) is 18.6 Å². The zero-order valence-electron chi connectivity index (χ0n) is 8.73. The molecule has 2 aromatic heterocycles. The van der Waals surface area contributed by atoms with E-state index in [0.717, 1.165) is 22.1 Å². The fraction of sp³-hybridized carbons (Fsp3) is 0.0833. The molecule has 3 aromatic rings. The Morgan fingerprint density at radius 1 is 1.31 bits per heavy atom. The molecule has 80 valence electrons. The van der Waals surface area contributed by atoms with Gasteiger partial charge in [-0.3, -0.25) is 0 Å². The molecule has 3 rings (SSSR count). The third-order valence-corrected chi connectivity index (χ3v) is 2.59. The average Bonchev–Trinajstić information content (AvgIpc) is 2.86. The maximum Gasteiger partial charge on any atom is 0.172 e. The molecule has 2 N–H and O–H groups in total. The maximum absolute atomic E-state index is 5.53. The van der Waals surface area contributed by atoms with E-state index < -0.39 is 0 Å². The van der Waals surface area contributed by atoms with Crippen molar-refractivity contribution in [2.24, 2.45) is 0 Å². The van der Waals surface area contributed by atoms with Crippen LogP contribution in [-0.4, -0.2) is 5.16 Å². The molecule has 0 atom stereocenters. The van der Waals surface area contributed by atoms with Crippen molar-refractivity contribution in [2.45, 2.75) is 6.92 Å². The second-order valence-electron chi connectivity index (χ2n) is 3.72. The summed E-state index contributed by atoms with van der Waals surface area (Å²) >= 11 is 0. The molecular formula is C12H10N2O2. The van der Waals surface area contributed by atoms with E-state index in [9.17, 15) is 0 Å². The number of aryl methyl sites for hydroxylation is 1. The van der Waals surface area contributed by atoms with Crippen molar-refractivity contribution >= 4 is 16.8 Å². The molecule has 0 spiro atoms. The summed E-state index contributed by atoms with van der Waals surface area (Å²) in [6.07, 6.45) is 1.73. The van der Waals surface area contributed by atoms with Gasteiger partial charge in [0.25, 0.3) is 0 Å². The van der Waals surface area contributed by atoms with Gasteiger partial charge >= 0.3 is 0 Å². The quantitative estimate of drug-likeness (QED) is 0.676. The molecule has 0 radical (unpaired) electrons. The molecule has 1 aromatic carbocycles. The van der Waals surface area contributed by atoms with Gasteiger partial charge in [0.2, 0.25) is 0 Å². The van der Waals surface area contributed by atoms with Crippen molar-refractivity contribution in [3.05, 3.63) is 36.1 Å². The summed E-state index contributed by atoms with van der Waals surface area (Å²) < 4.78 is 10.6. The van der Waals surface area contributed by atoms with Crippen molar-refractivity contribution in [3.63, 3.8) is 0 Å². The second kappa shape index (κ2) is 3.13. The Labute approximate surface area is 91.6 Å². The number of nitrogens with two attached hydrogens (primary N) is 1. The van der Waals surface area contributed by atoms with Gasteiger partial charge in [0.05, 0.1) is 11.8 Å². The molecule has 0 saturated heterocycles. The van der Waals surface area contributed by atoms with Crippen molar-refractivity contribution in [1.29, 1.82) is 0 Å². The fourth-order valence-electron chi connectivity index (χ4n) is 1.80. The molecular weight excluding hydrogens is 204 g/mol. The fourth-order valence-corrected chi connectivity index (χ4v) is 1.80. The van der Waals surface area contributed by atoms with Crippen LogP contribution in [0.1, 0.15) is 5.56 Å². The predicted octanol–water partition coefficient (Wildman–Crippen LogP) is 2.98. The van der Waals surface area contributed by atoms with E-state index in [1.807, 2.05) is 25.1 Å². The Hall–Kier alpha value is -2.23. The lowest BCUT2D eigenvalue weighted by molar-refractivity contribution is 0.435. The van der Waals surface area contributed by atoms with Crippen LogP contribution in [0.25, 0.3) is 22.3 Å². The van der Waals surface area contributed by atoms with Gasteiger partial charge in [-0.15, -0.1) is 0 Å². The summed E-state index contributed by atoms with van der Waals surface area (Å²) in [7, 11) is 0. The van der Waals surface area contributed by atoms with Gasteiger partial charge in [-0.2, -0.15) is 0 Å². The van der Waals surface area contributed by atoms with E-state index in [0.29, 0.717) is 11.6 Å². The highest BCUT2D eigenvalue weighted by molar-refractivity contribution is 5.93. The number of furan rings is 1. The van der Waals surface area contributed by atoms with Gasteiger partial charge in [0.15, 0.2) is 11.6 Å². The highest BCUT2D eigenvalue weighted by atomic mass is 16.5. The Balaban J connectivity index is 2.31. The third kappa shape index (κ3) is 1.20. The van der Waals surface area contributed by atoms with Gasteiger partial charge in [0.1, 0.15) is 5.58 Å². The van der Waals surface area contributed by atoms with E-state index in [1.165, 1.54) is 0 Å². The van der Waals surface area contributed by atoms with Gasteiger partial charge < -0.3 is 14.7 Å². The lowest BCUT2D eigenvalue weighted by Gasteiger charge is -1.96. The molecule has 16 heavy (non-hydrogen) atoms. The zero-order valence-corrected chi connectivity index (χ0v) is 8.73. The molecule has 4 heteroatoms. The minimum atomic E-state index is 0.371. The number of hydrogen-bond donors (Lipinski definition) is 1. The van der Waals surface area contributed by atoms with Crippen LogP contribution in [0.5, 0.6) is 0 Å². The van der Waals surface area contributed by atoms with Crippen molar-refractivity contribution in [2.75, 3.05) is 5.73 Å². The highest BCUT2D eigenvalue weighted by Gasteiger charge is 2.12. The lowest BCUT2D eigenvalue weighted by atomic mass is 10.1. The highest BCUT2D eigenvalue weighted by Crippen LogP contribution is 2.31. The lowest BCUT2D eigenvalue weighted by Crippen LogP contribution is -1.80. The summed E-state index contributed by atoms with van der Waals surface area (Å²) in [6.45, 7) is 2.00. The SMILES string of the molecule is Cc1coc2c(-c3cc(N)no3)cccc12. The number of benzene rings is 1. The number of aromatic nitrogens is 1. The summed E-state index contributed by atoms with van der Waals surface area (Å²) in [5, 5.41) is 4.74. The van der Waals surface area contributed by atoms with Crippen LogP contribution in [0.15, 0.2) is 39.5 Å². The summed E-state index contributed by atoms with van der Waals surface area (Å²) in [5.74, 6) is 0.993. The Kier molecular flexibility index (Phi) is 1.77. The summed E-state index contributed by atoms with van der Waals surface area (Å²) in [6, 6.07) is 7.58. The molecule has 0 amide bonds. The van der Waals surface area contributed by atoms with Gasteiger partial charge in [-0.1, -0.05) is 17.3 Å². The van der Waals surface area contributed by atoms with E-state index in [2.05, 4.69) is 5.16 Å². The van der Waals surface area contributed by atoms with Crippen LogP contribution in [0, 0.1) is 6.92 Å². The topological polar surface area (TPSA) is 65.2 Å². The van der Waals surface area contributed by atoms with Crippen LogP contribution < -0.4 is 5.73 Å². The molecule has 4 nitrogen and oxygen atoms in total. The maximum atomic E-state index is 5.53. The number of rotatable bonds is 1. The van der Waals surface area contributed by atoms with Crippen LogP contribution in [0.3, 0.4) is 0 Å². The van der Waals surface area contributed by atoms with Crippen molar-refractivity contribution < 1.29 is 8.94 Å². The number of nitrogen functional groups attached to an aromatic ring is 1. The minimum absolute atomic E-state index is 0.371. The Morgan fingerprint density at radius 2 is 2.19 bits per heavy atom. The van der Waals surface area contributed by atoms with E-state index in [4.69, 9.17) is 14.7 Å². The Morgan fingerprint density at radius 3 is 2.94 bits per heavy atom. The molecule has 0 unspecified atom stereocenters. The standard InChI is InChI=1S/C12H10N2O2/c1-7-6-15-12-8(7)3-2-4-9(12)10-5-11(13)14-16-10/h2-6H,1H3,(H2,13,14). The third-order valence-electron chi connectivity index (χ3n) is 2.59. The first-order chi connectivity index (χ1) is 7.75. The first-order valence-corrected chi connectivity index (χ1v) is 4.95. The normalized spacial score (nSPS) is 11.1. The number of fused-ring (bicyclic) bond motifs is 1. The zero-order chi connectivity index (χ0) is 11.1. The molecule has 0 bridgehead atoms. The summed E-state index contributed by atoms with van der Waals surface area (Å²) in [5.41, 5.74) is 8.30. The first-order valence-electron chi connectivity index (χ1n) is 4.95. The number of hydrogen-bond acceptors (Lipinski definition) is 4. The van der Waals surface area contributed by atoms with Crippen LogP contribution in [0.2, 0.25) is 0 Å². The number of para-hydroxylation sites is 1. The smallest absolute Gasteiger partial charge is 0.172 e. The first kappa shape index (κ1) is 9.03.